The van der Waals surface area contributed by atoms with Crippen LogP contribution in [0, 0.1) is 6.92 Å². The summed E-state index contributed by atoms with van der Waals surface area (Å²) in [5, 5.41) is 8.26. The molecular weight excluding hydrogens is 238 g/mol. The van der Waals surface area contributed by atoms with E-state index in [1.807, 2.05) is 31.2 Å². The lowest BCUT2D eigenvalue weighted by Gasteiger charge is -2.15. The van der Waals surface area contributed by atoms with Crippen LogP contribution in [0.25, 0.3) is 0 Å². The zero-order chi connectivity index (χ0) is 12.4. The average molecular weight is 251 g/mol. The highest BCUT2D eigenvalue weighted by Crippen LogP contribution is 2.31. The van der Waals surface area contributed by atoms with Gasteiger partial charge in [0.15, 0.2) is 0 Å². The molecule has 0 aliphatic carbocycles. The number of carbonyl (C=O) groups is 2. The van der Waals surface area contributed by atoms with E-state index < -0.39 is 11.2 Å². The predicted octanol–water partition coefficient (Wildman–Crippen LogP) is 1.88. The highest BCUT2D eigenvalue weighted by Gasteiger charge is 2.34. The molecule has 0 spiro atoms. The number of aryl methyl sites for hydroxylation is 1. The number of nitrogens with zero attached hydrogens (tertiary/aromatic N) is 1. The Morgan fingerprint density at radius 2 is 2.35 bits per heavy atom. The summed E-state index contributed by atoms with van der Waals surface area (Å²) in [6.07, 6.45) is -0.105. The van der Waals surface area contributed by atoms with Gasteiger partial charge in [-0.1, -0.05) is 12.1 Å². The van der Waals surface area contributed by atoms with Crippen LogP contribution in [-0.4, -0.2) is 28.1 Å². The van der Waals surface area contributed by atoms with Gasteiger partial charge in [-0.3, -0.25) is 9.59 Å². The molecule has 1 aromatic rings. The molecule has 0 radical (unpaired) electrons. The van der Waals surface area contributed by atoms with Crippen molar-refractivity contribution in [3.8, 4) is 0 Å². The molecule has 90 valence electrons. The van der Waals surface area contributed by atoms with Crippen LogP contribution >= 0.6 is 11.8 Å². The van der Waals surface area contributed by atoms with Gasteiger partial charge in [0, 0.05) is 5.69 Å². The number of carboxylic acids is 1. The summed E-state index contributed by atoms with van der Waals surface area (Å²) in [7, 11) is 0. The smallest absolute Gasteiger partial charge is 0.305 e. The van der Waals surface area contributed by atoms with Gasteiger partial charge in [-0.2, -0.15) is 0 Å². The van der Waals surface area contributed by atoms with E-state index in [4.69, 9.17) is 5.11 Å². The summed E-state index contributed by atoms with van der Waals surface area (Å²) in [6.45, 7) is 1.96. The fourth-order valence-corrected chi connectivity index (χ4v) is 2.91. The number of carbonyl (C=O) groups excluding carboxylic acids is 1. The number of rotatable bonds is 3. The normalized spacial score (nSPS) is 19.7. The van der Waals surface area contributed by atoms with Gasteiger partial charge in [0.05, 0.1) is 17.5 Å². The maximum Gasteiger partial charge on any atom is 0.305 e. The summed E-state index contributed by atoms with van der Waals surface area (Å²) >= 11 is 1.38. The van der Waals surface area contributed by atoms with Crippen LogP contribution in [0.1, 0.15) is 12.0 Å². The van der Waals surface area contributed by atoms with E-state index >= 15 is 0 Å². The van der Waals surface area contributed by atoms with E-state index in [1.165, 1.54) is 11.8 Å². The van der Waals surface area contributed by atoms with Gasteiger partial charge in [0.2, 0.25) is 5.91 Å². The number of aliphatic carboxylic acids is 1. The average Bonchev–Trinajstić information content (AvgIpc) is 2.60. The Labute approximate surface area is 104 Å². The fraction of sp³-hybridized carbons (Fsp3) is 0.333. The molecule has 1 amide bonds. The number of amides is 1. The van der Waals surface area contributed by atoms with Crippen molar-refractivity contribution in [2.75, 3.05) is 10.8 Å². The van der Waals surface area contributed by atoms with Crippen LogP contribution in [0.3, 0.4) is 0 Å². The van der Waals surface area contributed by atoms with Crippen LogP contribution in [0.4, 0.5) is 5.69 Å². The van der Waals surface area contributed by atoms with Gasteiger partial charge in [-0.05, 0) is 24.6 Å². The molecule has 17 heavy (non-hydrogen) atoms. The quantitative estimate of drug-likeness (QED) is 0.891. The molecule has 0 aromatic heterocycles. The van der Waals surface area contributed by atoms with E-state index in [2.05, 4.69) is 0 Å². The van der Waals surface area contributed by atoms with Crippen molar-refractivity contribution >= 4 is 29.3 Å². The molecule has 0 saturated carbocycles. The molecule has 4 nitrogen and oxygen atoms in total. The lowest BCUT2D eigenvalue weighted by atomic mass is 10.2. The standard InChI is InChI=1S/C12H13NO3S/c1-8-3-2-4-9(5-8)13-7-17-10(12(13)16)6-11(14)15/h2-5,10H,6-7H2,1H3,(H,14,15). The molecule has 1 fully saturated rings. The van der Waals surface area contributed by atoms with E-state index in [-0.39, 0.29) is 12.3 Å². The van der Waals surface area contributed by atoms with Crippen molar-refractivity contribution in [3.63, 3.8) is 0 Å². The van der Waals surface area contributed by atoms with E-state index in [0.29, 0.717) is 5.88 Å². The molecule has 1 aliphatic heterocycles. The molecule has 1 heterocycles. The molecule has 1 saturated heterocycles. The second-order valence-corrected chi connectivity index (χ2v) is 5.15. The zero-order valence-electron chi connectivity index (χ0n) is 9.42. The van der Waals surface area contributed by atoms with Gasteiger partial charge in [-0.25, -0.2) is 0 Å². The molecule has 5 heteroatoms. The molecule has 1 aliphatic rings. The van der Waals surface area contributed by atoms with Crippen LogP contribution < -0.4 is 4.90 Å². The number of hydrogen-bond acceptors (Lipinski definition) is 3. The first kappa shape index (κ1) is 12.0. The number of benzene rings is 1. The zero-order valence-corrected chi connectivity index (χ0v) is 10.2. The van der Waals surface area contributed by atoms with Gasteiger partial charge in [0.1, 0.15) is 0 Å². The Balaban J connectivity index is 2.15. The Morgan fingerprint density at radius 1 is 1.59 bits per heavy atom. The fourth-order valence-electron chi connectivity index (χ4n) is 1.78. The van der Waals surface area contributed by atoms with Gasteiger partial charge >= 0.3 is 5.97 Å². The van der Waals surface area contributed by atoms with Crippen molar-refractivity contribution < 1.29 is 14.7 Å². The van der Waals surface area contributed by atoms with E-state index in [0.717, 1.165) is 11.3 Å². The van der Waals surface area contributed by atoms with E-state index in [9.17, 15) is 9.59 Å². The third-order valence-corrected chi connectivity index (χ3v) is 3.80. The Bertz CT molecular complexity index is 461. The van der Waals surface area contributed by atoms with Crippen molar-refractivity contribution in [3.05, 3.63) is 29.8 Å². The molecule has 1 unspecified atom stereocenters. The highest BCUT2D eigenvalue weighted by atomic mass is 32.2. The second-order valence-electron chi connectivity index (χ2n) is 3.99. The first-order chi connectivity index (χ1) is 8.08. The largest absolute Gasteiger partial charge is 0.481 e. The molecule has 2 rings (SSSR count). The lowest BCUT2D eigenvalue weighted by molar-refractivity contribution is -0.138. The minimum Gasteiger partial charge on any atom is -0.481 e. The number of anilines is 1. The third kappa shape index (κ3) is 2.61. The predicted molar refractivity (Wildman–Crippen MR) is 67.2 cm³/mol. The first-order valence-electron chi connectivity index (χ1n) is 5.29. The summed E-state index contributed by atoms with van der Waals surface area (Å²) in [5.74, 6) is -0.509. The molecule has 1 aromatic carbocycles. The molecular formula is C12H13NO3S. The van der Waals surface area contributed by atoms with Crippen molar-refractivity contribution in [1.82, 2.24) is 0 Å². The van der Waals surface area contributed by atoms with Crippen LogP contribution in [0.5, 0.6) is 0 Å². The van der Waals surface area contributed by atoms with Crippen LogP contribution in [0.2, 0.25) is 0 Å². The topological polar surface area (TPSA) is 57.6 Å². The van der Waals surface area contributed by atoms with Gasteiger partial charge < -0.3 is 10.0 Å². The monoisotopic (exact) mass is 251 g/mol. The summed E-state index contributed by atoms with van der Waals surface area (Å²) in [5.41, 5.74) is 1.93. The molecule has 1 atom stereocenters. The summed E-state index contributed by atoms with van der Waals surface area (Å²) in [4.78, 5) is 24.3. The number of carboxylic acid groups (broad SMARTS) is 1. The maximum absolute atomic E-state index is 12.0. The van der Waals surface area contributed by atoms with Crippen molar-refractivity contribution in [1.29, 1.82) is 0 Å². The maximum atomic E-state index is 12.0. The minimum atomic E-state index is -0.929. The third-order valence-electron chi connectivity index (χ3n) is 2.62. The SMILES string of the molecule is Cc1cccc(N2CSC(CC(=O)O)C2=O)c1. The number of hydrogen-bond donors (Lipinski definition) is 1. The summed E-state index contributed by atoms with van der Waals surface area (Å²) in [6, 6.07) is 7.66. The Hall–Kier alpha value is -1.49. The molecule has 1 N–H and O–H groups in total. The minimum absolute atomic E-state index is 0.105. The summed E-state index contributed by atoms with van der Waals surface area (Å²) < 4.78 is 0. The van der Waals surface area contributed by atoms with Crippen molar-refractivity contribution in [2.24, 2.45) is 0 Å². The van der Waals surface area contributed by atoms with Crippen molar-refractivity contribution in [2.45, 2.75) is 18.6 Å². The van der Waals surface area contributed by atoms with Crippen LogP contribution in [-0.2, 0) is 9.59 Å². The van der Waals surface area contributed by atoms with Crippen LogP contribution in [0.15, 0.2) is 24.3 Å². The Kier molecular flexibility index (Phi) is 3.38. The van der Waals surface area contributed by atoms with Gasteiger partial charge in [0.25, 0.3) is 0 Å². The van der Waals surface area contributed by atoms with Gasteiger partial charge in [-0.15, -0.1) is 11.8 Å². The van der Waals surface area contributed by atoms with E-state index in [1.54, 1.807) is 4.90 Å². The highest BCUT2D eigenvalue weighted by molar-refractivity contribution is 8.01. The first-order valence-corrected chi connectivity index (χ1v) is 6.34. The molecule has 0 bridgehead atoms. The Morgan fingerprint density at radius 3 is 3.00 bits per heavy atom. The number of thioether (sulfide) groups is 1. The second kappa shape index (κ2) is 4.79. The lowest BCUT2D eigenvalue weighted by Crippen LogP contribution is -2.30.